The largest absolute Gasteiger partial charge is 0.395 e. The number of amides is 1. The Morgan fingerprint density at radius 1 is 1.40 bits per heavy atom. The predicted octanol–water partition coefficient (Wildman–Crippen LogP) is -0.616. The Hall–Kier alpha value is -0.660. The van der Waals surface area contributed by atoms with Crippen LogP contribution < -0.4 is 5.32 Å². The van der Waals surface area contributed by atoms with Crippen molar-refractivity contribution in [1.29, 1.82) is 0 Å². The number of nitrogens with one attached hydrogen (secondary N) is 1. The molecule has 1 amide bonds. The van der Waals surface area contributed by atoms with Gasteiger partial charge in [0.25, 0.3) is 0 Å². The van der Waals surface area contributed by atoms with Gasteiger partial charge in [-0.2, -0.15) is 0 Å². The first-order chi connectivity index (χ1) is 9.38. The van der Waals surface area contributed by atoms with Crippen LogP contribution in [-0.2, 0) is 14.6 Å². The van der Waals surface area contributed by atoms with Gasteiger partial charge in [0.15, 0.2) is 9.84 Å². The van der Waals surface area contributed by atoms with E-state index in [0.29, 0.717) is 6.42 Å². The molecule has 2 saturated heterocycles. The number of rotatable bonds is 4. The maximum Gasteiger partial charge on any atom is 0.228 e. The van der Waals surface area contributed by atoms with E-state index in [-0.39, 0.29) is 36.6 Å². The van der Waals surface area contributed by atoms with Crippen LogP contribution >= 0.6 is 0 Å². The standard InChI is InChI=1S/C13H24N2O4S/c1-13(3-5-14-6-4-13)12(17)15(7-8-16)11-2-9-20(18,19)10-11/h11,14,16H,2-10H2,1H3. The third-order valence-corrected chi connectivity index (χ3v) is 6.22. The second-order valence-corrected chi connectivity index (χ2v) is 8.32. The summed E-state index contributed by atoms with van der Waals surface area (Å²) in [6.07, 6.45) is 2.00. The molecular weight excluding hydrogens is 280 g/mol. The van der Waals surface area contributed by atoms with E-state index in [1.54, 1.807) is 4.90 Å². The molecule has 1 unspecified atom stereocenters. The average molecular weight is 304 g/mol. The smallest absolute Gasteiger partial charge is 0.228 e. The summed E-state index contributed by atoms with van der Waals surface area (Å²) in [5.74, 6) is 0.174. The van der Waals surface area contributed by atoms with Gasteiger partial charge in [-0.1, -0.05) is 6.92 Å². The normalized spacial score (nSPS) is 28.2. The van der Waals surface area contributed by atoms with Gasteiger partial charge < -0.3 is 15.3 Å². The summed E-state index contributed by atoms with van der Waals surface area (Å²) in [6, 6.07) is -0.272. The minimum absolute atomic E-state index is 0.00449. The van der Waals surface area contributed by atoms with Gasteiger partial charge in [-0.25, -0.2) is 8.42 Å². The van der Waals surface area contributed by atoms with Gasteiger partial charge >= 0.3 is 0 Å². The minimum Gasteiger partial charge on any atom is -0.395 e. The van der Waals surface area contributed by atoms with Crippen LogP contribution in [0.15, 0.2) is 0 Å². The molecule has 7 heteroatoms. The Bertz CT molecular complexity index is 457. The van der Waals surface area contributed by atoms with Gasteiger partial charge in [0.05, 0.1) is 18.1 Å². The molecular formula is C13H24N2O4S. The molecule has 0 bridgehead atoms. The molecule has 1 atom stereocenters. The van der Waals surface area contributed by atoms with E-state index in [1.807, 2.05) is 6.92 Å². The third-order valence-electron chi connectivity index (χ3n) is 4.47. The first-order valence-electron chi connectivity index (χ1n) is 7.21. The molecule has 0 spiro atoms. The lowest BCUT2D eigenvalue weighted by molar-refractivity contribution is -0.145. The number of carbonyl (C=O) groups is 1. The van der Waals surface area contributed by atoms with Crippen molar-refractivity contribution in [3.63, 3.8) is 0 Å². The number of nitrogens with zero attached hydrogens (tertiary/aromatic N) is 1. The van der Waals surface area contributed by atoms with E-state index in [0.717, 1.165) is 25.9 Å². The van der Waals surface area contributed by atoms with Crippen LogP contribution in [0.1, 0.15) is 26.2 Å². The summed E-state index contributed by atoms with van der Waals surface area (Å²) in [4.78, 5) is 14.4. The fourth-order valence-corrected chi connectivity index (χ4v) is 4.85. The van der Waals surface area contributed by atoms with Gasteiger partial charge in [0.1, 0.15) is 0 Å². The highest BCUT2D eigenvalue weighted by Gasteiger charge is 2.42. The maximum atomic E-state index is 12.8. The van der Waals surface area contributed by atoms with Crippen molar-refractivity contribution < 1.29 is 18.3 Å². The highest BCUT2D eigenvalue weighted by Crippen LogP contribution is 2.32. The Labute approximate surface area is 120 Å². The Balaban J connectivity index is 2.13. The van der Waals surface area contributed by atoms with Gasteiger partial charge in [-0.3, -0.25) is 4.79 Å². The average Bonchev–Trinajstić information content (AvgIpc) is 2.76. The summed E-state index contributed by atoms with van der Waals surface area (Å²) in [5.41, 5.74) is -0.438. The van der Waals surface area contributed by atoms with Crippen molar-refractivity contribution in [2.75, 3.05) is 37.7 Å². The maximum absolute atomic E-state index is 12.8. The molecule has 2 rings (SSSR count). The number of hydrogen-bond donors (Lipinski definition) is 2. The number of carbonyl (C=O) groups excluding carboxylic acids is 1. The molecule has 0 saturated carbocycles. The topological polar surface area (TPSA) is 86.7 Å². The van der Waals surface area contributed by atoms with Crippen LogP contribution in [0.2, 0.25) is 0 Å². The first-order valence-corrected chi connectivity index (χ1v) is 9.03. The van der Waals surface area contributed by atoms with Crippen LogP contribution in [0.25, 0.3) is 0 Å². The molecule has 2 N–H and O–H groups in total. The summed E-state index contributed by atoms with van der Waals surface area (Å²) < 4.78 is 23.2. The van der Waals surface area contributed by atoms with Gasteiger partial charge in [0, 0.05) is 18.0 Å². The Morgan fingerprint density at radius 3 is 2.55 bits per heavy atom. The van der Waals surface area contributed by atoms with Crippen molar-refractivity contribution >= 4 is 15.7 Å². The van der Waals surface area contributed by atoms with E-state index >= 15 is 0 Å². The van der Waals surface area contributed by atoms with E-state index in [9.17, 15) is 18.3 Å². The Kier molecular flexibility index (Phi) is 4.71. The highest BCUT2D eigenvalue weighted by molar-refractivity contribution is 7.91. The molecule has 2 aliphatic heterocycles. The minimum atomic E-state index is -3.03. The second kappa shape index (κ2) is 5.99. The first kappa shape index (κ1) is 15.7. The fourth-order valence-electron chi connectivity index (χ4n) is 3.12. The molecule has 0 aliphatic carbocycles. The van der Waals surface area contributed by atoms with Crippen LogP contribution in [0, 0.1) is 5.41 Å². The zero-order valence-electron chi connectivity index (χ0n) is 12.0. The van der Waals surface area contributed by atoms with Gasteiger partial charge in [0.2, 0.25) is 5.91 Å². The van der Waals surface area contributed by atoms with Crippen LogP contribution in [0.3, 0.4) is 0 Å². The zero-order chi connectivity index (χ0) is 14.8. The Morgan fingerprint density at radius 2 is 2.05 bits per heavy atom. The van der Waals surface area contributed by atoms with Crippen LogP contribution in [-0.4, -0.2) is 68.1 Å². The van der Waals surface area contributed by atoms with Crippen molar-refractivity contribution in [1.82, 2.24) is 10.2 Å². The lowest BCUT2D eigenvalue weighted by Crippen LogP contribution is -2.52. The van der Waals surface area contributed by atoms with E-state index in [1.165, 1.54) is 0 Å². The number of aliphatic hydroxyl groups is 1. The number of hydrogen-bond acceptors (Lipinski definition) is 5. The zero-order valence-corrected chi connectivity index (χ0v) is 12.8. The van der Waals surface area contributed by atoms with Crippen LogP contribution in [0.5, 0.6) is 0 Å². The van der Waals surface area contributed by atoms with E-state index in [4.69, 9.17) is 0 Å². The number of piperidine rings is 1. The molecule has 2 fully saturated rings. The van der Waals surface area contributed by atoms with Crippen molar-refractivity contribution in [3.8, 4) is 0 Å². The molecule has 20 heavy (non-hydrogen) atoms. The van der Waals surface area contributed by atoms with E-state index in [2.05, 4.69) is 5.32 Å². The van der Waals surface area contributed by atoms with Gasteiger partial charge in [-0.15, -0.1) is 0 Å². The summed E-state index contributed by atoms with van der Waals surface area (Å²) in [5, 5.41) is 12.4. The second-order valence-electron chi connectivity index (χ2n) is 6.09. The highest BCUT2D eigenvalue weighted by atomic mass is 32.2. The molecule has 0 aromatic carbocycles. The lowest BCUT2D eigenvalue weighted by Gasteiger charge is -2.39. The number of aliphatic hydroxyl groups excluding tert-OH is 1. The molecule has 2 heterocycles. The summed E-state index contributed by atoms with van der Waals surface area (Å²) >= 11 is 0. The van der Waals surface area contributed by atoms with Crippen molar-refractivity contribution in [3.05, 3.63) is 0 Å². The molecule has 0 aromatic heterocycles. The van der Waals surface area contributed by atoms with Gasteiger partial charge in [-0.05, 0) is 32.4 Å². The third kappa shape index (κ3) is 3.32. The predicted molar refractivity (Wildman–Crippen MR) is 76.1 cm³/mol. The monoisotopic (exact) mass is 304 g/mol. The molecule has 0 aromatic rings. The molecule has 6 nitrogen and oxygen atoms in total. The van der Waals surface area contributed by atoms with Crippen molar-refractivity contribution in [2.24, 2.45) is 5.41 Å². The number of sulfone groups is 1. The van der Waals surface area contributed by atoms with Crippen molar-refractivity contribution in [2.45, 2.75) is 32.2 Å². The summed E-state index contributed by atoms with van der Waals surface area (Å²) in [6.45, 7) is 3.65. The fraction of sp³-hybridized carbons (Fsp3) is 0.923. The molecule has 116 valence electrons. The van der Waals surface area contributed by atoms with E-state index < -0.39 is 15.3 Å². The van der Waals surface area contributed by atoms with Crippen LogP contribution in [0.4, 0.5) is 0 Å². The SMILES string of the molecule is CC1(C(=O)N(CCO)C2CCS(=O)(=O)C2)CCNCC1. The molecule has 2 aliphatic rings. The molecule has 0 radical (unpaired) electrons. The lowest BCUT2D eigenvalue weighted by atomic mass is 9.79. The summed E-state index contributed by atoms with van der Waals surface area (Å²) in [7, 11) is -3.03. The quantitative estimate of drug-likeness (QED) is 0.723.